The van der Waals surface area contributed by atoms with E-state index in [2.05, 4.69) is 13.8 Å². The van der Waals surface area contributed by atoms with Crippen LogP contribution in [0.15, 0.2) is 0 Å². The van der Waals surface area contributed by atoms with Crippen molar-refractivity contribution in [2.45, 2.75) is 56.5 Å². The first-order valence-corrected chi connectivity index (χ1v) is 11.5. The average molecular weight is 276 g/mol. The molecule has 0 spiro atoms. The van der Waals surface area contributed by atoms with Crippen molar-refractivity contribution in [3.05, 3.63) is 0 Å². The monoisotopic (exact) mass is 276 g/mol. The molecule has 0 bridgehead atoms. The van der Waals surface area contributed by atoms with E-state index in [0.29, 0.717) is 19.8 Å². The lowest BCUT2D eigenvalue weighted by molar-refractivity contribution is 0.0725. The van der Waals surface area contributed by atoms with Gasteiger partial charge in [-0.2, -0.15) is 0 Å². The summed E-state index contributed by atoms with van der Waals surface area (Å²) in [7, 11) is -2.36. The molecular weight excluding hydrogens is 247 g/mol. The molecule has 0 N–H and O–H groups in total. The van der Waals surface area contributed by atoms with Crippen molar-refractivity contribution < 1.29 is 13.3 Å². The third-order valence-electron chi connectivity index (χ3n) is 3.11. The van der Waals surface area contributed by atoms with Crippen LogP contribution >= 0.6 is 0 Å². The van der Waals surface area contributed by atoms with Gasteiger partial charge in [-0.25, -0.2) is 0 Å². The molecule has 0 aliphatic rings. The molecule has 0 radical (unpaired) electrons. The molecule has 0 atom stereocenters. The van der Waals surface area contributed by atoms with Gasteiger partial charge in [0.05, 0.1) is 0 Å². The predicted octanol–water partition coefficient (Wildman–Crippen LogP) is 3.57. The maximum Gasteiger partial charge on any atom is 0.499 e. The Balaban J connectivity index is 4.41. The highest BCUT2D eigenvalue weighted by Crippen LogP contribution is 2.21. The molecule has 0 saturated heterocycles. The average Bonchev–Trinajstić information content (AvgIpc) is 2.31. The molecule has 3 nitrogen and oxygen atoms in total. The molecule has 0 heterocycles. The second-order valence-corrected chi connectivity index (χ2v) is 10.9. The fourth-order valence-corrected chi connectivity index (χ4v) is 8.52. The second-order valence-electron chi connectivity index (χ2n) is 4.20. The highest BCUT2D eigenvalue weighted by molar-refractivity contribution is 6.65. The van der Waals surface area contributed by atoms with E-state index in [-0.39, 0.29) is 0 Å². The van der Waals surface area contributed by atoms with E-state index in [1.807, 2.05) is 20.8 Å². The van der Waals surface area contributed by atoms with Crippen molar-refractivity contribution in [3.63, 3.8) is 0 Å². The van der Waals surface area contributed by atoms with Crippen LogP contribution in [0, 0.1) is 0 Å². The Kier molecular flexibility index (Phi) is 10.9. The Bertz CT molecular complexity index is 160. The van der Waals surface area contributed by atoms with Crippen molar-refractivity contribution in [2.24, 2.45) is 0 Å². The minimum absolute atomic E-state index is 0.572. The Morgan fingerprint density at radius 2 is 1.18 bits per heavy atom. The van der Waals surface area contributed by atoms with Crippen molar-refractivity contribution in [2.75, 3.05) is 19.8 Å². The Morgan fingerprint density at radius 3 is 1.47 bits per heavy atom. The molecular formula is C12H29AlO3Si. The Labute approximate surface area is 113 Å². The highest BCUT2D eigenvalue weighted by atomic mass is 28.4. The summed E-state index contributed by atoms with van der Waals surface area (Å²) in [6, 6.07) is 1.01. The maximum absolute atomic E-state index is 5.87. The summed E-state index contributed by atoms with van der Waals surface area (Å²) in [6.45, 7) is 12.8. The minimum Gasteiger partial charge on any atom is -0.374 e. The molecule has 0 aliphatic heterocycles. The second kappa shape index (κ2) is 10.5. The lowest BCUT2D eigenvalue weighted by Gasteiger charge is -2.29. The van der Waals surface area contributed by atoms with Crippen molar-refractivity contribution >= 4 is 23.0 Å². The third-order valence-corrected chi connectivity index (χ3v) is 10.2. The SMILES string of the molecule is CCO[Si](C[CH2][Al]([CH2]C)[CH2]C)(OCC)OCC. The van der Waals surface area contributed by atoms with Crippen molar-refractivity contribution in [1.82, 2.24) is 0 Å². The predicted molar refractivity (Wildman–Crippen MR) is 77.0 cm³/mol. The lowest BCUT2D eigenvalue weighted by atomic mass is 10.9. The molecule has 0 fully saturated rings. The van der Waals surface area contributed by atoms with Crippen LogP contribution in [-0.4, -0.2) is 42.8 Å². The summed E-state index contributed by atoms with van der Waals surface area (Å²) < 4.78 is 17.6. The van der Waals surface area contributed by atoms with E-state index in [9.17, 15) is 0 Å². The summed E-state index contributed by atoms with van der Waals surface area (Å²) in [5.74, 6) is 0. The Morgan fingerprint density at radius 1 is 0.765 bits per heavy atom. The molecule has 0 amide bonds. The van der Waals surface area contributed by atoms with Gasteiger partial charge in [-0.05, 0) is 20.8 Å². The molecule has 5 heteroatoms. The van der Waals surface area contributed by atoms with E-state index >= 15 is 0 Å². The fourth-order valence-electron chi connectivity index (χ4n) is 2.08. The highest BCUT2D eigenvalue weighted by Gasteiger charge is 2.40. The zero-order valence-corrected chi connectivity index (χ0v) is 14.4. The maximum atomic E-state index is 5.87. The standard InChI is InChI=1S/C8H19O3Si.2C2H5.Al/c1-5-9-12(8-4,10-6-2)11-7-3;2*1-2;/h4-8H2,1-3H3;2*1H2,2H3;. The van der Waals surface area contributed by atoms with Crippen LogP contribution < -0.4 is 0 Å². The first-order chi connectivity index (χ1) is 8.17. The molecule has 0 unspecified atom stereocenters. The fraction of sp³-hybridized carbons (Fsp3) is 1.00. The quantitative estimate of drug-likeness (QED) is 0.540. The molecule has 0 saturated carbocycles. The smallest absolute Gasteiger partial charge is 0.374 e. The summed E-state index contributed by atoms with van der Waals surface area (Å²) in [6.07, 6.45) is 0. The van der Waals surface area contributed by atoms with Gasteiger partial charge in [0.15, 0.2) is 0 Å². The van der Waals surface area contributed by atoms with Gasteiger partial charge in [0.2, 0.25) is 0 Å². The first-order valence-electron chi connectivity index (χ1n) is 7.09. The third kappa shape index (κ3) is 6.95. The molecule has 102 valence electrons. The molecule has 0 aromatic carbocycles. The van der Waals surface area contributed by atoms with Gasteiger partial charge in [0.25, 0.3) is 14.1 Å². The van der Waals surface area contributed by atoms with E-state index in [0.717, 1.165) is 6.04 Å². The minimum atomic E-state index is -2.36. The van der Waals surface area contributed by atoms with Gasteiger partial charge in [0.1, 0.15) is 0 Å². The number of rotatable bonds is 11. The topological polar surface area (TPSA) is 27.7 Å². The summed E-state index contributed by atoms with van der Waals surface area (Å²) in [5, 5.41) is 4.02. The summed E-state index contributed by atoms with van der Waals surface area (Å²) in [4.78, 5) is 0. The van der Waals surface area contributed by atoms with Crippen molar-refractivity contribution in [3.8, 4) is 0 Å². The Hall–Kier alpha value is 0.629. The van der Waals surface area contributed by atoms with Gasteiger partial charge in [-0.1, -0.05) is 29.7 Å². The molecule has 0 aromatic rings. The van der Waals surface area contributed by atoms with Gasteiger partial charge in [-0.3, -0.25) is 0 Å². The zero-order valence-electron chi connectivity index (χ0n) is 12.3. The van der Waals surface area contributed by atoms with Gasteiger partial charge in [0, 0.05) is 25.9 Å². The van der Waals surface area contributed by atoms with Crippen LogP contribution in [0.4, 0.5) is 0 Å². The van der Waals surface area contributed by atoms with E-state index in [1.54, 1.807) is 0 Å². The number of hydrogen-bond acceptors (Lipinski definition) is 3. The largest absolute Gasteiger partial charge is 0.499 e. The molecule has 0 rings (SSSR count). The molecule has 0 aromatic heterocycles. The van der Waals surface area contributed by atoms with Gasteiger partial charge in [-0.15, -0.1) is 0 Å². The van der Waals surface area contributed by atoms with Crippen LogP contribution in [0.25, 0.3) is 0 Å². The van der Waals surface area contributed by atoms with Crippen LogP contribution in [0.5, 0.6) is 0 Å². The zero-order chi connectivity index (χ0) is 13.1. The van der Waals surface area contributed by atoms with Gasteiger partial charge < -0.3 is 13.3 Å². The van der Waals surface area contributed by atoms with E-state index < -0.39 is 23.0 Å². The van der Waals surface area contributed by atoms with E-state index in [4.69, 9.17) is 13.3 Å². The normalized spacial score (nSPS) is 11.8. The first kappa shape index (κ1) is 17.6. The number of hydrogen-bond donors (Lipinski definition) is 0. The molecule has 0 aliphatic carbocycles. The van der Waals surface area contributed by atoms with Crippen molar-refractivity contribution in [1.29, 1.82) is 0 Å². The van der Waals surface area contributed by atoms with Crippen LogP contribution in [0.1, 0.15) is 34.6 Å². The summed E-state index contributed by atoms with van der Waals surface area (Å²) in [5.41, 5.74) is 0. The van der Waals surface area contributed by atoms with Gasteiger partial charge >= 0.3 is 8.80 Å². The lowest BCUT2D eigenvalue weighted by Crippen LogP contribution is -2.46. The van der Waals surface area contributed by atoms with Crippen LogP contribution in [0.3, 0.4) is 0 Å². The van der Waals surface area contributed by atoms with Crippen LogP contribution in [-0.2, 0) is 13.3 Å². The summed E-state index contributed by atoms with van der Waals surface area (Å²) >= 11 is -0.572. The van der Waals surface area contributed by atoms with Crippen LogP contribution in [0.2, 0.25) is 21.9 Å². The molecule has 17 heavy (non-hydrogen) atoms. The van der Waals surface area contributed by atoms with E-state index in [1.165, 1.54) is 15.8 Å².